The van der Waals surface area contributed by atoms with Crippen LogP contribution in [0.1, 0.15) is 31.2 Å². The van der Waals surface area contributed by atoms with Crippen molar-refractivity contribution in [3.8, 4) is 5.75 Å². The van der Waals surface area contributed by atoms with Crippen LogP contribution in [0, 0.1) is 0 Å². The third kappa shape index (κ3) is 3.24. The van der Waals surface area contributed by atoms with Gasteiger partial charge in [0.25, 0.3) is 0 Å². The zero-order valence-corrected chi connectivity index (χ0v) is 11.3. The Balaban J connectivity index is 2.04. The van der Waals surface area contributed by atoms with Crippen LogP contribution >= 0.6 is 0 Å². The largest absolute Gasteiger partial charge is 0.490 e. The van der Waals surface area contributed by atoms with Crippen molar-refractivity contribution in [2.24, 2.45) is 0 Å². The number of rotatable bonds is 4. The third-order valence-corrected chi connectivity index (χ3v) is 3.68. The monoisotopic (exact) mass is 249 g/mol. The van der Waals surface area contributed by atoms with Crippen LogP contribution in [0.25, 0.3) is 0 Å². The summed E-state index contributed by atoms with van der Waals surface area (Å²) in [4.78, 5) is 2.34. The maximum Gasteiger partial charge on any atom is 0.123 e. The number of piperidine rings is 1. The molecule has 0 aliphatic carbocycles. The van der Waals surface area contributed by atoms with Gasteiger partial charge in [-0.1, -0.05) is 25.1 Å². The molecule has 0 aromatic heterocycles. The lowest BCUT2D eigenvalue weighted by Gasteiger charge is -2.30. The van der Waals surface area contributed by atoms with Gasteiger partial charge in [-0.15, -0.1) is 0 Å². The van der Waals surface area contributed by atoms with Crippen LogP contribution in [-0.2, 0) is 0 Å². The Bertz CT molecular complexity index is 373. The molecule has 0 spiro atoms. The van der Waals surface area contributed by atoms with E-state index in [9.17, 15) is 5.11 Å². The Kier molecular flexibility index (Phi) is 4.61. The van der Waals surface area contributed by atoms with Gasteiger partial charge in [0.2, 0.25) is 0 Å². The second kappa shape index (κ2) is 6.21. The van der Waals surface area contributed by atoms with E-state index in [4.69, 9.17) is 4.74 Å². The van der Waals surface area contributed by atoms with Gasteiger partial charge in [0.1, 0.15) is 11.9 Å². The topological polar surface area (TPSA) is 32.7 Å². The first kappa shape index (κ1) is 13.4. The SMILES string of the molecule is CC(CO)c1ccccc1OC1CCN(C)CC1. The number of nitrogens with zero attached hydrogens (tertiary/aromatic N) is 1. The highest BCUT2D eigenvalue weighted by atomic mass is 16.5. The first-order valence-electron chi connectivity index (χ1n) is 6.75. The van der Waals surface area contributed by atoms with Gasteiger partial charge in [0, 0.05) is 25.6 Å². The number of para-hydroxylation sites is 1. The third-order valence-electron chi connectivity index (χ3n) is 3.68. The van der Waals surface area contributed by atoms with E-state index in [1.165, 1.54) is 0 Å². The second-order valence-electron chi connectivity index (χ2n) is 5.24. The second-order valence-corrected chi connectivity index (χ2v) is 5.24. The fraction of sp³-hybridized carbons (Fsp3) is 0.600. The van der Waals surface area contributed by atoms with Crippen molar-refractivity contribution in [2.45, 2.75) is 31.8 Å². The predicted octanol–water partition coefficient (Wildman–Crippen LogP) is 2.26. The molecule has 3 nitrogen and oxygen atoms in total. The molecular weight excluding hydrogens is 226 g/mol. The van der Waals surface area contributed by atoms with Crippen LogP contribution in [0.4, 0.5) is 0 Å². The summed E-state index contributed by atoms with van der Waals surface area (Å²) in [5, 5.41) is 9.29. The lowest BCUT2D eigenvalue weighted by Crippen LogP contribution is -2.35. The van der Waals surface area contributed by atoms with Crippen LogP contribution in [0.5, 0.6) is 5.75 Å². The minimum atomic E-state index is 0.132. The first-order chi connectivity index (χ1) is 8.70. The zero-order chi connectivity index (χ0) is 13.0. The quantitative estimate of drug-likeness (QED) is 0.888. The molecule has 18 heavy (non-hydrogen) atoms. The van der Waals surface area contributed by atoms with Crippen molar-refractivity contribution < 1.29 is 9.84 Å². The van der Waals surface area contributed by atoms with E-state index in [0.717, 1.165) is 37.2 Å². The van der Waals surface area contributed by atoms with Crippen molar-refractivity contribution >= 4 is 0 Å². The van der Waals surface area contributed by atoms with Crippen molar-refractivity contribution in [1.29, 1.82) is 0 Å². The minimum Gasteiger partial charge on any atom is -0.490 e. The molecule has 1 aromatic rings. The van der Waals surface area contributed by atoms with E-state index in [0.29, 0.717) is 6.10 Å². The van der Waals surface area contributed by atoms with Crippen LogP contribution < -0.4 is 4.74 Å². The first-order valence-corrected chi connectivity index (χ1v) is 6.75. The van der Waals surface area contributed by atoms with Gasteiger partial charge >= 0.3 is 0 Å². The fourth-order valence-corrected chi connectivity index (χ4v) is 2.38. The maximum atomic E-state index is 9.29. The van der Waals surface area contributed by atoms with Crippen LogP contribution in [0.3, 0.4) is 0 Å². The Labute approximate surface area is 109 Å². The van der Waals surface area contributed by atoms with E-state index >= 15 is 0 Å². The molecule has 0 bridgehead atoms. The molecule has 1 heterocycles. The van der Waals surface area contributed by atoms with Gasteiger partial charge in [-0.3, -0.25) is 0 Å². The summed E-state index contributed by atoms with van der Waals surface area (Å²) in [6.07, 6.45) is 2.48. The van der Waals surface area contributed by atoms with Gasteiger partial charge in [0.15, 0.2) is 0 Å². The Morgan fingerprint density at radius 2 is 2.00 bits per heavy atom. The molecular formula is C15H23NO2. The van der Waals surface area contributed by atoms with Crippen LogP contribution in [0.15, 0.2) is 24.3 Å². The highest BCUT2D eigenvalue weighted by Crippen LogP contribution is 2.28. The summed E-state index contributed by atoms with van der Waals surface area (Å²) >= 11 is 0. The highest BCUT2D eigenvalue weighted by molar-refractivity contribution is 5.36. The molecule has 1 atom stereocenters. The fourth-order valence-electron chi connectivity index (χ4n) is 2.38. The summed E-state index contributed by atoms with van der Waals surface area (Å²) in [5.41, 5.74) is 1.11. The van der Waals surface area contributed by atoms with Gasteiger partial charge in [-0.2, -0.15) is 0 Å². The number of aliphatic hydroxyl groups excluding tert-OH is 1. The van der Waals surface area contributed by atoms with Gasteiger partial charge < -0.3 is 14.7 Å². The summed E-state index contributed by atoms with van der Waals surface area (Å²) in [6, 6.07) is 8.06. The lowest BCUT2D eigenvalue weighted by molar-refractivity contribution is 0.112. The number of aliphatic hydroxyl groups is 1. The van der Waals surface area contributed by atoms with Crippen molar-refractivity contribution in [2.75, 3.05) is 26.7 Å². The molecule has 1 fully saturated rings. The number of benzene rings is 1. The molecule has 2 rings (SSSR count). The number of hydrogen-bond acceptors (Lipinski definition) is 3. The normalized spacial score (nSPS) is 19.7. The maximum absolute atomic E-state index is 9.29. The van der Waals surface area contributed by atoms with E-state index in [-0.39, 0.29) is 12.5 Å². The molecule has 0 saturated carbocycles. The summed E-state index contributed by atoms with van der Waals surface area (Å²) in [5.74, 6) is 1.07. The number of ether oxygens (including phenoxy) is 1. The zero-order valence-electron chi connectivity index (χ0n) is 11.3. The van der Waals surface area contributed by atoms with E-state index in [1.54, 1.807) is 0 Å². The lowest BCUT2D eigenvalue weighted by atomic mass is 10.0. The smallest absolute Gasteiger partial charge is 0.123 e. The van der Waals surface area contributed by atoms with Crippen molar-refractivity contribution in [3.63, 3.8) is 0 Å². The highest BCUT2D eigenvalue weighted by Gasteiger charge is 2.20. The molecule has 0 radical (unpaired) electrons. The van der Waals surface area contributed by atoms with E-state index in [2.05, 4.69) is 11.9 Å². The van der Waals surface area contributed by atoms with Gasteiger partial charge in [0.05, 0.1) is 0 Å². The molecule has 3 heteroatoms. The average Bonchev–Trinajstić information content (AvgIpc) is 2.41. The number of hydrogen-bond donors (Lipinski definition) is 1. The molecule has 1 unspecified atom stereocenters. The Morgan fingerprint density at radius 3 is 2.67 bits per heavy atom. The van der Waals surface area contributed by atoms with Gasteiger partial charge in [-0.05, 0) is 31.5 Å². The molecule has 1 aliphatic heterocycles. The van der Waals surface area contributed by atoms with E-state index < -0.39 is 0 Å². The van der Waals surface area contributed by atoms with Crippen molar-refractivity contribution in [1.82, 2.24) is 4.90 Å². The Morgan fingerprint density at radius 1 is 1.33 bits per heavy atom. The molecule has 1 saturated heterocycles. The minimum absolute atomic E-state index is 0.132. The predicted molar refractivity (Wildman–Crippen MR) is 73.1 cm³/mol. The van der Waals surface area contributed by atoms with Gasteiger partial charge in [-0.25, -0.2) is 0 Å². The van der Waals surface area contributed by atoms with Crippen molar-refractivity contribution in [3.05, 3.63) is 29.8 Å². The number of likely N-dealkylation sites (tertiary alicyclic amines) is 1. The van der Waals surface area contributed by atoms with E-state index in [1.807, 2.05) is 31.2 Å². The molecule has 100 valence electrons. The van der Waals surface area contributed by atoms with Crippen LogP contribution in [-0.4, -0.2) is 42.9 Å². The standard InChI is InChI=1S/C15H23NO2/c1-12(11-17)14-5-3-4-6-15(14)18-13-7-9-16(2)10-8-13/h3-6,12-13,17H,7-11H2,1-2H3. The summed E-state index contributed by atoms with van der Waals surface area (Å²) in [7, 11) is 2.15. The molecule has 1 N–H and O–H groups in total. The van der Waals surface area contributed by atoms with Crippen LogP contribution in [0.2, 0.25) is 0 Å². The summed E-state index contributed by atoms with van der Waals surface area (Å²) in [6.45, 7) is 4.38. The molecule has 0 amide bonds. The molecule has 1 aromatic carbocycles. The average molecular weight is 249 g/mol. The molecule has 1 aliphatic rings. The Hall–Kier alpha value is -1.06. The summed E-state index contributed by atoms with van der Waals surface area (Å²) < 4.78 is 6.12.